The normalized spacial score (nSPS) is 21.2. The smallest absolute Gasteiger partial charge is 0.490 e. The second-order valence-corrected chi connectivity index (χ2v) is 21.2. The average Bonchev–Trinajstić information content (AvgIpc) is 3.96. The zero-order valence-corrected chi connectivity index (χ0v) is 41.2. The van der Waals surface area contributed by atoms with Gasteiger partial charge in [0.1, 0.15) is 28.4 Å². The summed E-state index contributed by atoms with van der Waals surface area (Å²) in [5.74, 6) is -3.30. The molecule has 5 aromatic rings. The minimum atomic E-state index is -5.88. The van der Waals surface area contributed by atoms with E-state index in [1.807, 2.05) is 0 Å². The number of nitrogen functional groups attached to an aromatic ring is 1. The molecular formula is C39H41Cl2N6O22P3. The third kappa shape index (κ3) is 10.0. The number of esters is 1. The Morgan fingerprint density at radius 3 is 2.11 bits per heavy atom. The molecule has 5 heterocycles. The van der Waals surface area contributed by atoms with Crippen LogP contribution in [0.5, 0.6) is 34.5 Å². The fraction of sp³-hybridized carbons (Fsp3) is 0.359. The number of amides is 1. The lowest BCUT2D eigenvalue weighted by molar-refractivity contribution is -0.0503. The van der Waals surface area contributed by atoms with Crippen LogP contribution >= 0.6 is 46.7 Å². The second-order valence-electron chi connectivity index (χ2n) is 15.9. The van der Waals surface area contributed by atoms with Gasteiger partial charge in [-0.3, -0.25) is 28.2 Å². The number of nitrogens with two attached hydrogens (primary N) is 1. The standard InChI is InChI=1S/C39H41Cl2N6O22P3/c1-61-21-12-19-31(24(40)27(21)48)66-32-20(13-22(62-2)28(49)25(32)41)39(19)18-11-16(7-8-17(18)37(54)67-39)34(52)43-9-5-3-4-6-10-63-70(55,56)68-72(59,60)69-71(57,58)64-14-23-29(50)30(51)36(65-23)47-15-44-26-33(47)45-38(42)46-35(26)53/h7-8,11-13,15,23,29-30,36,48-51H,3-6,9-10,14H2,1-2H3,(H,43,52)(H,55,56)(H,57,58)(H,59,60)(H3,42,45,46,53)/t23-,29-,30-,36-/m1/s1. The van der Waals surface area contributed by atoms with Gasteiger partial charge >= 0.3 is 29.4 Å². The quantitative estimate of drug-likeness (QED) is 0.0317. The number of methoxy groups -OCH3 is 2. The first kappa shape index (κ1) is 52.9. The van der Waals surface area contributed by atoms with Crippen molar-refractivity contribution in [3.63, 3.8) is 0 Å². The van der Waals surface area contributed by atoms with Gasteiger partial charge in [-0.2, -0.15) is 13.6 Å². The van der Waals surface area contributed by atoms with E-state index in [1.165, 1.54) is 44.6 Å². The Balaban J connectivity index is 0.819. The highest BCUT2D eigenvalue weighted by Gasteiger charge is 2.56. The van der Waals surface area contributed by atoms with Gasteiger partial charge in [-0.15, -0.1) is 0 Å². The minimum absolute atomic E-state index is 0.0467. The number of ether oxygens (including phenoxy) is 5. The van der Waals surface area contributed by atoms with Crippen molar-refractivity contribution in [2.45, 2.75) is 55.8 Å². The zero-order valence-electron chi connectivity index (χ0n) is 37.0. The fourth-order valence-electron chi connectivity index (χ4n) is 8.06. The molecule has 1 saturated heterocycles. The number of aliphatic hydroxyl groups excluding tert-OH is 2. The van der Waals surface area contributed by atoms with Gasteiger partial charge in [-0.05, 0) is 43.2 Å². The Hall–Kier alpha value is -5.38. The molecule has 3 aromatic carbocycles. The van der Waals surface area contributed by atoms with E-state index in [4.69, 9.17) is 57.1 Å². The molecule has 388 valence electrons. The van der Waals surface area contributed by atoms with E-state index in [0.29, 0.717) is 19.3 Å². The molecule has 2 aromatic heterocycles. The van der Waals surface area contributed by atoms with E-state index < -0.39 is 95.8 Å². The summed E-state index contributed by atoms with van der Waals surface area (Å²) in [6, 6.07) is 6.86. The molecule has 7 atom stereocenters. The molecule has 1 amide bonds. The Labute approximate surface area is 413 Å². The Bertz CT molecular complexity index is 3150. The van der Waals surface area contributed by atoms with Crippen molar-refractivity contribution >= 4 is 75.7 Å². The third-order valence-electron chi connectivity index (χ3n) is 11.3. The lowest BCUT2D eigenvalue weighted by atomic mass is 9.77. The van der Waals surface area contributed by atoms with Crippen molar-refractivity contribution in [2.75, 3.05) is 39.7 Å². The van der Waals surface area contributed by atoms with Crippen LogP contribution < -0.4 is 30.8 Å². The van der Waals surface area contributed by atoms with Crippen LogP contribution in [0, 0.1) is 0 Å². The number of carbonyl (C=O) groups excluding carboxylic acids is 2. The number of hydrogen-bond donors (Lipinski definition) is 10. The topological polar surface area (TPSA) is 412 Å². The lowest BCUT2D eigenvalue weighted by Gasteiger charge is -2.37. The molecule has 3 unspecified atom stereocenters. The van der Waals surface area contributed by atoms with Crippen molar-refractivity contribution in [3.8, 4) is 34.5 Å². The summed E-state index contributed by atoms with van der Waals surface area (Å²) in [6.07, 6.45) is -4.38. The van der Waals surface area contributed by atoms with Gasteiger partial charge in [0, 0.05) is 17.7 Å². The van der Waals surface area contributed by atoms with E-state index in [0.717, 1.165) is 10.9 Å². The first-order chi connectivity index (χ1) is 33.9. The van der Waals surface area contributed by atoms with Crippen LogP contribution in [0.25, 0.3) is 11.2 Å². The number of anilines is 1. The van der Waals surface area contributed by atoms with Gasteiger partial charge in [0.2, 0.25) is 5.95 Å². The number of nitrogens with zero attached hydrogens (tertiary/aromatic N) is 3. The maximum absolute atomic E-state index is 13.6. The number of halogens is 2. The van der Waals surface area contributed by atoms with Gasteiger partial charge in [-0.1, -0.05) is 36.0 Å². The Morgan fingerprint density at radius 1 is 0.875 bits per heavy atom. The van der Waals surface area contributed by atoms with E-state index >= 15 is 0 Å². The number of phenolic OH excluding ortho intramolecular Hbond substituents is 2. The maximum Gasteiger partial charge on any atom is 0.490 e. The summed E-state index contributed by atoms with van der Waals surface area (Å²) in [6.45, 7) is -1.46. The lowest BCUT2D eigenvalue weighted by Crippen LogP contribution is -2.34. The molecule has 0 radical (unpaired) electrons. The predicted octanol–water partition coefficient (Wildman–Crippen LogP) is 3.98. The van der Waals surface area contributed by atoms with Crippen LogP contribution in [-0.2, 0) is 46.4 Å². The largest absolute Gasteiger partial charge is 0.503 e. The number of fused-ring (bicyclic) bond motifs is 7. The van der Waals surface area contributed by atoms with Crippen LogP contribution in [0.2, 0.25) is 10.0 Å². The molecular weight excluding hydrogens is 1070 g/mol. The van der Waals surface area contributed by atoms with Crippen molar-refractivity contribution in [1.29, 1.82) is 0 Å². The minimum Gasteiger partial charge on any atom is -0.503 e. The monoisotopic (exact) mass is 1110 g/mol. The van der Waals surface area contributed by atoms with Crippen LogP contribution in [0.4, 0.5) is 5.95 Å². The van der Waals surface area contributed by atoms with Gasteiger partial charge in [0.05, 0.1) is 50.5 Å². The summed E-state index contributed by atoms with van der Waals surface area (Å²) in [5.41, 5.74) is 3.01. The van der Waals surface area contributed by atoms with Crippen LogP contribution in [-0.4, -0.2) is 119 Å². The molecule has 0 bridgehead atoms. The number of aromatic nitrogens is 4. The molecule has 0 saturated carbocycles. The average molecular weight is 1110 g/mol. The number of aromatic amines is 1. The molecule has 1 spiro atoms. The van der Waals surface area contributed by atoms with Gasteiger partial charge in [0.15, 0.2) is 57.5 Å². The summed E-state index contributed by atoms with van der Waals surface area (Å²) >= 11 is 13.1. The van der Waals surface area contributed by atoms with E-state index in [9.17, 15) is 63.2 Å². The number of phenols is 2. The Morgan fingerprint density at radius 2 is 1.49 bits per heavy atom. The van der Waals surface area contributed by atoms with Crippen molar-refractivity contribution in [3.05, 3.63) is 84.9 Å². The highest BCUT2D eigenvalue weighted by molar-refractivity contribution is 7.66. The van der Waals surface area contributed by atoms with Gasteiger partial charge < -0.3 is 69.8 Å². The number of H-pyrrole nitrogens is 1. The number of unbranched alkanes of at least 4 members (excludes halogenated alkanes) is 3. The third-order valence-corrected chi connectivity index (χ3v) is 16.3. The van der Waals surface area contributed by atoms with Gasteiger partial charge in [-0.25, -0.2) is 23.5 Å². The number of benzene rings is 3. The molecule has 33 heteroatoms. The van der Waals surface area contributed by atoms with Crippen molar-refractivity contribution in [1.82, 2.24) is 24.8 Å². The Kier molecular flexibility index (Phi) is 14.8. The number of aromatic hydroxyl groups is 2. The number of hydrogen-bond acceptors (Lipinski definition) is 22. The summed E-state index contributed by atoms with van der Waals surface area (Å²) in [5, 5.41) is 44.7. The zero-order chi connectivity index (χ0) is 52.2. The molecule has 11 N–H and O–H groups in total. The van der Waals surface area contributed by atoms with Crippen molar-refractivity contribution < 1.29 is 99.7 Å². The first-order valence-electron chi connectivity index (χ1n) is 20.9. The number of phosphoric ester groups is 2. The number of aliphatic hydroxyl groups is 2. The van der Waals surface area contributed by atoms with Crippen LogP contribution in [0.1, 0.15) is 69.3 Å². The number of nitrogens with one attached hydrogen (secondary N) is 2. The second kappa shape index (κ2) is 20.1. The maximum atomic E-state index is 13.6. The number of carbonyl (C=O) groups is 2. The summed E-state index contributed by atoms with van der Waals surface area (Å²) in [7, 11) is -14.4. The molecule has 0 aliphatic carbocycles. The fourth-order valence-corrected chi connectivity index (χ4v) is 12.1. The highest BCUT2D eigenvalue weighted by atomic mass is 35.5. The number of imidazole rings is 1. The van der Waals surface area contributed by atoms with Crippen LogP contribution in [0.3, 0.4) is 0 Å². The SMILES string of the molecule is COc1cc2c(c(Cl)c1O)Oc1c(cc(OC)c(O)c1Cl)C21OC(=O)c2ccc(C(=O)NCCCCCCOP(=O)(O)OP(=O)(O)OP(=O)(O)OC[C@H]3O[C@@H](n4cnc5c(=O)[nH]c(N)nc54)[C@H](O)[C@@H]3O)cc21. The van der Waals surface area contributed by atoms with Crippen LogP contribution in [0.15, 0.2) is 41.5 Å². The van der Waals surface area contributed by atoms with E-state index in [1.54, 1.807) is 0 Å². The van der Waals surface area contributed by atoms with Gasteiger partial charge in [0.25, 0.3) is 11.5 Å². The molecule has 8 rings (SSSR count). The predicted molar refractivity (Wildman–Crippen MR) is 244 cm³/mol. The molecule has 1 fully saturated rings. The summed E-state index contributed by atoms with van der Waals surface area (Å²) < 4.78 is 84.4. The number of rotatable bonds is 19. The first-order valence-corrected chi connectivity index (χ1v) is 26.1. The highest BCUT2D eigenvalue weighted by Crippen LogP contribution is 2.68. The molecule has 3 aliphatic heterocycles. The van der Waals surface area contributed by atoms with E-state index in [-0.39, 0.29) is 90.9 Å². The van der Waals surface area contributed by atoms with E-state index in [2.05, 4.69) is 33.4 Å². The molecule has 28 nitrogen and oxygen atoms in total. The molecule has 72 heavy (non-hydrogen) atoms. The molecule has 3 aliphatic rings. The summed E-state index contributed by atoms with van der Waals surface area (Å²) in [4.78, 5) is 79.3. The number of phosphoric acid groups is 3. The van der Waals surface area contributed by atoms with Crippen molar-refractivity contribution in [2.24, 2.45) is 0 Å².